The first-order valence-corrected chi connectivity index (χ1v) is 7.56. The Bertz CT molecular complexity index is 399. The first kappa shape index (κ1) is 16.7. The zero-order chi connectivity index (χ0) is 14.7. The number of ether oxygens (including phenoxy) is 1. The maximum Gasteiger partial charge on any atom is 0.132 e. The molecule has 0 aliphatic heterocycles. The minimum absolute atomic E-state index is 0.530. The van der Waals surface area contributed by atoms with E-state index >= 15 is 0 Å². The third-order valence-corrected chi connectivity index (χ3v) is 3.52. The number of rotatable bonds is 10. The fourth-order valence-electron chi connectivity index (χ4n) is 2.14. The zero-order valence-electron chi connectivity index (χ0n) is 12.5. The quantitative estimate of drug-likeness (QED) is 0.661. The van der Waals surface area contributed by atoms with E-state index < -0.39 is 5.54 Å². The molecule has 2 N–H and O–H groups in total. The first-order valence-electron chi connectivity index (χ1n) is 7.56. The summed E-state index contributed by atoms with van der Waals surface area (Å²) in [6, 6.07) is 11.7. The lowest BCUT2D eigenvalue weighted by molar-refractivity contribution is 0.117. The van der Waals surface area contributed by atoms with Crippen molar-refractivity contribution in [2.75, 3.05) is 13.2 Å². The van der Waals surface area contributed by atoms with Gasteiger partial charge in [-0.1, -0.05) is 62.9 Å². The predicted molar refractivity (Wildman–Crippen MR) is 82.1 cm³/mol. The molecule has 0 radical (unpaired) electrons. The molecular formula is C17H26N2O. The van der Waals surface area contributed by atoms with Gasteiger partial charge in [0.15, 0.2) is 0 Å². The van der Waals surface area contributed by atoms with E-state index in [1.807, 2.05) is 30.3 Å². The highest BCUT2D eigenvalue weighted by Gasteiger charge is 2.26. The molecule has 20 heavy (non-hydrogen) atoms. The molecule has 0 aromatic heterocycles. The van der Waals surface area contributed by atoms with Crippen molar-refractivity contribution in [1.82, 2.24) is 0 Å². The number of nitriles is 1. The molecule has 1 rings (SSSR count). The Morgan fingerprint density at radius 2 is 1.80 bits per heavy atom. The Kier molecular flexibility index (Phi) is 7.94. The van der Waals surface area contributed by atoms with Gasteiger partial charge in [-0.05, 0) is 12.0 Å². The van der Waals surface area contributed by atoms with E-state index in [9.17, 15) is 5.26 Å². The van der Waals surface area contributed by atoms with Gasteiger partial charge in [-0.25, -0.2) is 0 Å². The Morgan fingerprint density at radius 3 is 2.45 bits per heavy atom. The average molecular weight is 274 g/mol. The number of benzene rings is 1. The van der Waals surface area contributed by atoms with E-state index in [0.717, 1.165) is 18.6 Å². The van der Waals surface area contributed by atoms with Gasteiger partial charge < -0.3 is 10.5 Å². The van der Waals surface area contributed by atoms with Crippen molar-refractivity contribution in [3.8, 4) is 6.07 Å². The normalized spacial score (nSPS) is 13.7. The van der Waals surface area contributed by atoms with Crippen molar-refractivity contribution >= 4 is 0 Å². The SMILES string of the molecule is CCCCCCCOCCC(N)(C#N)c1ccccc1. The lowest BCUT2D eigenvalue weighted by atomic mass is 9.89. The van der Waals surface area contributed by atoms with Crippen LogP contribution in [0.1, 0.15) is 51.0 Å². The molecule has 0 spiro atoms. The highest BCUT2D eigenvalue weighted by molar-refractivity contribution is 5.30. The molecular weight excluding hydrogens is 248 g/mol. The molecule has 3 nitrogen and oxygen atoms in total. The number of hydrogen-bond donors (Lipinski definition) is 1. The van der Waals surface area contributed by atoms with Gasteiger partial charge in [0.05, 0.1) is 6.07 Å². The van der Waals surface area contributed by atoms with Crippen LogP contribution < -0.4 is 5.73 Å². The van der Waals surface area contributed by atoms with Crippen LogP contribution in [0.15, 0.2) is 30.3 Å². The Labute approximate surface area is 122 Å². The van der Waals surface area contributed by atoms with Gasteiger partial charge in [0, 0.05) is 19.6 Å². The van der Waals surface area contributed by atoms with Crippen molar-refractivity contribution in [3.05, 3.63) is 35.9 Å². The fourth-order valence-corrected chi connectivity index (χ4v) is 2.14. The summed E-state index contributed by atoms with van der Waals surface area (Å²) >= 11 is 0. The molecule has 110 valence electrons. The highest BCUT2D eigenvalue weighted by Crippen LogP contribution is 2.21. The summed E-state index contributed by atoms with van der Waals surface area (Å²) < 4.78 is 5.60. The van der Waals surface area contributed by atoms with Crippen LogP contribution in [-0.4, -0.2) is 13.2 Å². The van der Waals surface area contributed by atoms with Gasteiger partial charge in [-0.15, -0.1) is 0 Å². The van der Waals surface area contributed by atoms with Gasteiger partial charge >= 0.3 is 0 Å². The van der Waals surface area contributed by atoms with Crippen LogP contribution >= 0.6 is 0 Å². The van der Waals surface area contributed by atoms with Gasteiger partial charge in [0.2, 0.25) is 0 Å². The van der Waals surface area contributed by atoms with E-state index in [4.69, 9.17) is 10.5 Å². The predicted octanol–water partition coefficient (Wildman–Crippen LogP) is 3.74. The van der Waals surface area contributed by atoms with Gasteiger partial charge in [0.25, 0.3) is 0 Å². The maximum absolute atomic E-state index is 9.31. The van der Waals surface area contributed by atoms with Crippen LogP contribution in [0.4, 0.5) is 0 Å². The molecule has 0 bridgehead atoms. The molecule has 1 unspecified atom stereocenters. The van der Waals surface area contributed by atoms with E-state index in [-0.39, 0.29) is 0 Å². The topological polar surface area (TPSA) is 59.0 Å². The maximum atomic E-state index is 9.31. The standard InChI is InChI=1S/C17H26N2O/c1-2-3-4-5-9-13-20-14-12-17(19,15-18)16-10-7-6-8-11-16/h6-8,10-11H,2-5,9,12-14,19H2,1H3. The molecule has 0 heterocycles. The van der Waals surface area contributed by atoms with Crippen LogP contribution in [0.2, 0.25) is 0 Å². The Hall–Kier alpha value is -1.37. The van der Waals surface area contributed by atoms with Crippen molar-refractivity contribution in [2.45, 2.75) is 51.0 Å². The molecule has 3 heteroatoms. The lowest BCUT2D eigenvalue weighted by Crippen LogP contribution is -2.36. The number of unbranched alkanes of at least 4 members (excludes halogenated alkanes) is 4. The molecule has 0 amide bonds. The Balaban J connectivity index is 2.24. The van der Waals surface area contributed by atoms with Gasteiger partial charge in [-0.3, -0.25) is 0 Å². The minimum Gasteiger partial charge on any atom is -0.381 e. The third-order valence-electron chi connectivity index (χ3n) is 3.52. The summed E-state index contributed by atoms with van der Waals surface area (Å²) in [6.45, 7) is 3.51. The lowest BCUT2D eigenvalue weighted by Gasteiger charge is -2.21. The van der Waals surface area contributed by atoms with Gasteiger partial charge in [0.1, 0.15) is 5.54 Å². The Morgan fingerprint density at radius 1 is 1.10 bits per heavy atom. The largest absolute Gasteiger partial charge is 0.381 e. The fraction of sp³-hybridized carbons (Fsp3) is 0.588. The number of nitrogens with zero attached hydrogens (tertiary/aromatic N) is 1. The van der Waals surface area contributed by atoms with Crippen molar-refractivity contribution in [2.24, 2.45) is 5.73 Å². The second kappa shape index (κ2) is 9.52. The molecule has 1 aromatic rings. The van der Waals surface area contributed by atoms with Crippen LogP contribution in [0, 0.1) is 11.3 Å². The monoisotopic (exact) mass is 274 g/mol. The number of hydrogen-bond acceptors (Lipinski definition) is 3. The molecule has 0 saturated carbocycles. The third kappa shape index (κ3) is 5.73. The van der Waals surface area contributed by atoms with Crippen molar-refractivity contribution in [1.29, 1.82) is 5.26 Å². The number of nitrogens with two attached hydrogens (primary N) is 1. The van der Waals surface area contributed by atoms with E-state index in [0.29, 0.717) is 13.0 Å². The first-order chi connectivity index (χ1) is 9.73. The second-order valence-electron chi connectivity index (χ2n) is 5.23. The summed E-state index contributed by atoms with van der Waals surface area (Å²) in [7, 11) is 0. The van der Waals surface area contributed by atoms with Crippen LogP contribution in [0.3, 0.4) is 0 Å². The van der Waals surface area contributed by atoms with Crippen molar-refractivity contribution in [3.63, 3.8) is 0 Å². The summed E-state index contributed by atoms with van der Waals surface area (Å²) in [4.78, 5) is 0. The average Bonchev–Trinajstić information content (AvgIpc) is 2.50. The molecule has 1 aromatic carbocycles. The van der Waals surface area contributed by atoms with Crippen molar-refractivity contribution < 1.29 is 4.74 Å². The molecule has 0 aliphatic rings. The zero-order valence-corrected chi connectivity index (χ0v) is 12.5. The molecule has 0 fully saturated rings. The summed E-state index contributed by atoms with van der Waals surface area (Å²) in [6.07, 6.45) is 6.68. The molecule has 1 atom stereocenters. The van der Waals surface area contributed by atoms with Crippen LogP contribution in [0.25, 0.3) is 0 Å². The summed E-state index contributed by atoms with van der Waals surface area (Å²) in [5, 5.41) is 9.31. The highest BCUT2D eigenvalue weighted by atomic mass is 16.5. The second-order valence-corrected chi connectivity index (χ2v) is 5.23. The van der Waals surface area contributed by atoms with E-state index in [2.05, 4.69) is 13.0 Å². The van der Waals surface area contributed by atoms with Crippen LogP contribution in [-0.2, 0) is 10.3 Å². The van der Waals surface area contributed by atoms with E-state index in [1.54, 1.807) is 0 Å². The van der Waals surface area contributed by atoms with E-state index in [1.165, 1.54) is 25.7 Å². The molecule has 0 aliphatic carbocycles. The summed E-state index contributed by atoms with van der Waals surface area (Å²) in [5.74, 6) is 0. The smallest absolute Gasteiger partial charge is 0.132 e. The molecule has 0 saturated heterocycles. The van der Waals surface area contributed by atoms with Gasteiger partial charge in [-0.2, -0.15) is 5.26 Å². The minimum atomic E-state index is -0.941. The van der Waals surface area contributed by atoms with Crippen LogP contribution in [0.5, 0.6) is 0 Å². The summed E-state index contributed by atoms with van der Waals surface area (Å²) in [5.41, 5.74) is 6.07.